The third-order valence-corrected chi connectivity index (χ3v) is 4.35. The minimum atomic E-state index is -0.375. The minimum Gasteiger partial charge on any atom is -0.374 e. The van der Waals surface area contributed by atoms with Gasteiger partial charge in [0.2, 0.25) is 11.8 Å². The maximum Gasteiger partial charge on any atom is 0.246 e. The van der Waals surface area contributed by atoms with Gasteiger partial charge in [-0.1, -0.05) is 6.07 Å². The van der Waals surface area contributed by atoms with Crippen molar-refractivity contribution in [2.24, 2.45) is 0 Å². The van der Waals surface area contributed by atoms with Crippen LogP contribution in [0.15, 0.2) is 42.5 Å². The van der Waals surface area contributed by atoms with E-state index in [1.807, 2.05) is 25.1 Å². The van der Waals surface area contributed by atoms with Crippen LogP contribution in [0.5, 0.6) is 0 Å². The van der Waals surface area contributed by atoms with Crippen molar-refractivity contribution in [1.82, 2.24) is 0 Å². The highest BCUT2D eigenvalue weighted by Gasteiger charge is 2.15. The van der Waals surface area contributed by atoms with E-state index >= 15 is 0 Å². The first-order valence-electron chi connectivity index (χ1n) is 8.58. The Kier molecular flexibility index (Phi) is 5.03. The van der Waals surface area contributed by atoms with Crippen molar-refractivity contribution in [3.63, 3.8) is 0 Å². The number of fused-ring (bicyclic) bond motifs is 1. The number of nitrogens with one attached hydrogen (secondary N) is 3. The molecule has 0 heterocycles. The molecule has 2 amide bonds. The maximum absolute atomic E-state index is 12.4. The van der Waals surface area contributed by atoms with E-state index in [0.717, 1.165) is 29.9 Å². The van der Waals surface area contributed by atoms with Gasteiger partial charge in [0.05, 0.1) is 0 Å². The minimum absolute atomic E-state index is 0.0797. The van der Waals surface area contributed by atoms with Gasteiger partial charge in [0.1, 0.15) is 6.04 Å². The lowest BCUT2D eigenvalue weighted by Gasteiger charge is -2.16. The summed E-state index contributed by atoms with van der Waals surface area (Å²) in [6, 6.07) is 13.1. The largest absolute Gasteiger partial charge is 0.374 e. The van der Waals surface area contributed by atoms with E-state index in [-0.39, 0.29) is 17.9 Å². The van der Waals surface area contributed by atoms with Gasteiger partial charge in [-0.3, -0.25) is 9.59 Å². The molecule has 0 aromatic heterocycles. The lowest BCUT2D eigenvalue weighted by molar-refractivity contribution is -0.116. The van der Waals surface area contributed by atoms with E-state index in [2.05, 4.69) is 28.1 Å². The van der Waals surface area contributed by atoms with Gasteiger partial charge in [0.15, 0.2) is 0 Å². The van der Waals surface area contributed by atoms with E-state index in [9.17, 15) is 9.59 Å². The normalized spacial score (nSPS) is 13.7. The number of carbonyl (C=O) groups excluding carboxylic acids is 2. The fraction of sp³-hybridized carbons (Fsp3) is 0.300. The topological polar surface area (TPSA) is 70.2 Å². The first kappa shape index (κ1) is 17.0. The Hall–Kier alpha value is -2.82. The van der Waals surface area contributed by atoms with Gasteiger partial charge >= 0.3 is 0 Å². The van der Waals surface area contributed by atoms with Crippen molar-refractivity contribution in [3.05, 3.63) is 53.6 Å². The number of anilines is 3. The van der Waals surface area contributed by atoms with Crippen molar-refractivity contribution >= 4 is 28.9 Å². The van der Waals surface area contributed by atoms with E-state index in [4.69, 9.17) is 0 Å². The van der Waals surface area contributed by atoms with Crippen LogP contribution in [0.3, 0.4) is 0 Å². The maximum atomic E-state index is 12.4. The summed E-state index contributed by atoms with van der Waals surface area (Å²) in [7, 11) is 0. The van der Waals surface area contributed by atoms with Gasteiger partial charge < -0.3 is 16.0 Å². The van der Waals surface area contributed by atoms with Crippen LogP contribution in [-0.4, -0.2) is 17.9 Å². The summed E-state index contributed by atoms with van der Waals surface area (Å²) < 4.78 is 0. The average molecular weight is 337 g/mol. The highest BCUT2D eigenvalue weighted by Crippen LogP contribution is 2.25. The first-order chi connectivity index (χ1) is 12.0. The van der Waals surface area contributed by atoms with Gasteiger partial charge in [-0.2, -0.15) is 0 Å². The Labute approximate surface area is 147 Å². The van der Waals surface area contributed by atoms with Crippen LogP contribution in [0.2, 0.25) is 0 Å². The lowest BCUT2D eigenvalue weighted by Crippen LogP contribution is -2.31. The number of aryl methyl sites for hydroxylation is 2. The predicted molar refractivity (Wildman–Crippen MR) is 101 cm³/mol. The van der Waals surface area contributed by atoms with Crippen LogP contribution >= 0.6 is 0 Å². The SMILES string of the molecule is CC(=O)Nc1ccc(N[C@@H](C)C(=O)Nc2ccc3c(c2)CCC3)cc1. The Morgan fingerprint density at radius 2 is 1.52 bits per heavy atom. The van der Waals surface area contributed by atoms with Crippen molar-refractivity contribution in [2.45, 2.75) is 39.2 Å². The standard InChI is InChI=1S/C20H23N3O2/c1-13(21-17-8-10-18(11-9-17)22-14(2)24)20(25)23-19-7-6-15-4-3-5-16(15)12-19/h6-13,21H,3-5H2,1-2H3,(H,22,24)(H,23,25)/t13-/m0/s1. The highest BCUT2D eigenvalue weighted by atomic mass is 16.2. The van der Waals surface area contributed by atoms with Crippen LogP contribution in [0.4, 0.5) is 17.1 Å². The molecule has 0 fully saturated rings. The molecule has 1 aliphatic carbocycles. The highest BCUT2D eigenvalue weighted by molar-refractivity contribution is 5.96. The number of rotatable bonds is 5. The molecule has 5 nitrogen and oxygen atoms in total. The second-order valence-corrected chi connectivity index (χ2v) is 6.45. The molecule has 5 heteroatoms. The average Bonchev–Trinajstić information content (AvgIpc) is 3.03. The molecule has 0 bridgehead atoms. The number of carbonyl (C=O) groups is 2. The Bertz CT molecular complexity index is 784. The molecular formula is C20H23N3O2. The summed E-state index contributed by atoms with van der Waals surface area (Å²) in [4.78, 5) is 23.4. The number of amides is 2. The molecule has 2 aromatic rings. The molecule has 0 aliphatic heterocycles. The van der Waals surface area contributed by atoms with Crippen LogP contribution in [0.1, 0.15) is 31.4 Å². The van der Waals surface area contributed by atoms with Gasteiger partial charge in [0.25, 0.3) is 0 Å². The summed E-state index contributed by atoms with van der Waals surface area (Å²) in [5, 5.41) is 8.86. The zero-order valence-electron chi connectivity index (χ0n) is 14.6. The van der Waals surface area contributed by atoms with Crippen molar-refractivity contribution < 1.29 is 9.59 Å². The van der Waals surface area contributed by atoms with E-state index in [0.29, 0.717) is 0 Å². The monoisotopic (exact) mass is 337 g/mol. The number of benzene rings is 2. The number of hydrogen-bond acceptors (Lipinski definition) is 3. The quantitative estimate of drug-likeness (QED) is 0.781. The Morgan fingerprint density at radius 3 is 2.24 bits per heavy atom. The third-order valence-electron chi connectivity index (χ3n) is 4.35. The van der Waals surface area contributed by atoms with E-state index in [1.54, 1.807) is 12.1 Å². The molecule has 0 spiro atoms. The summed E-state index contributed by atoms with van der Waals surface area (Å²) in [6.07, 6.45) is 3.42. The van der Waals surface area contributed by atoms with Crippen LogP contribution in [0, 0.1) is 0 Å². The molecule has 3 rings (SSSR count). The molecule has 3 N–H and O–H groups in total. The molecule has 2 aromatic carbocycles. The van der Waals surface area contributed by atoms with Crippen LogP contribution < -0.4 is 16.0 Å². The number of hydrogen-bond donors (Lipinski definition) is 3. The molecule has 0 saturated carbocycles. The van der Waals surface area contributed by atoms with E-state index < -0.39 is 0 Å². The second-order valence-electron chi connectivity index (χ2n) is 6.45. The molecule has 0 radical (unpaired) electrons. The molecule has 130 valence electrons. The molecule has 25 heavy (non-hydrogen) atoms. The summed E-state index contributed by atoms with van der Waals surface area (Å²) in [5.74, 6) is -0.188. The summed E-state index contributed by atoms with van der Waals surface area (Å²) in [5.41, 5.74) is 5.13. The van der Waals surface area contributed by atoms with Crippen molar-refractivity contribution in [3.8, 4) is 0 Å². The van der Waals surface area contributed by atoms with Gasteiger partial charge in [0, 0.05) is 24.0 Å². The lowest BCUT2D eigenvalue weighted by atomic mass is 10.1. The second kappa shape index (κ2) is 7.38. The molecule has 1 atom stereocenters. The zero-order chi connectivity index (χ0) is 17.8. The summed E-state index contributed by atoms with van der Waals surface area (Å²) >= 11 is 0. The van der Waals surface area contributed by atoms with Crippen molar-refractivity contribution in [2.75, 3.05) is 16.0 Å². The fourth-order valence-corrected chi connectivity index (χ4v) is 3.07. The first-order valence-corrected chi connectivity index (χ1v) is 8.58. The Balaban J connectivity index is 1.58. The van der Waals surface area contributed by atoms with Crippen LogP contribution in [0.25, 0.3) is 0 Å². The smallest absolute Gasteiger partial charge is 0.246 e. The molecule has 1 aliphatic rings. The van der Waals surface area contributed by atoms with E-state index in [1.165, 1.54) is 24.5 Å². The van der Waals surface area contributed by atoms with Gasteiger partial charge in [-0.25, -0.2) is 0 Å². The predicted octanol–water partition coefficient (Wildman–Crippen LogP) is 3.57. The molecule has 0 unspecified atom stereocenters. The third kappa shape index (κ3) is 4.38. The zero-order valence-corrected chi connectivity index (χ0v) is 14.6. The molecular weight excluding hydrogens is 314 g/mol. The summed E-state index contributed by atoms with van der Waals surface area (Å²) in [6.45, 7) is 3.29. The Morgan fingerprint density at radius 1 is 0.880 bits per heavy atom. The molecule has 0 saturated heterocycles. The fourth-order valence-electron chi connectivity index (χ4n) is 3.07. The van der Waals surface area contributed by atoms with Crippen molar-refractivity contribution in [1.29, 1.82) is 0 Å². The van der Waals surface area contributed by atoms with Gasteiger partial charge in [-0.15, -0.1) is 0 Å². The van der Waals surface area contributed by atoms with Gasteiger partial charge in [-0.05, 0) is 73.7 Å². The van der Waals surface area contributed by atoms with Crippen LogP contribution in [-0.2, 0) is 22.4 Å².